The average molecular weight is 647 g/mol. The number of benzene rings is 2. The van der Waals surface area contributed by atoms with Gasteiger partial charge in [0, 0.05) is 57.7 Å². The fraction of sp³-hybridized carbons (Fsp3) is 0.559. The predicted octanol–water partition coefficient (Wildman–Crippen LogP) is 6.51. The summed E-state index contributed by atoms with van der Waals surface area (Å²) in [7, 11) is 0. The van der Waals surface area contributed by atoms with Crippen molar-refractivity contribution in [3.8, 4) is 0 Å². The van der Waals surface area contributed by atoms with Crippen LogP contribution >= 0.6 is 0 Å². The molecule has 0 aromatic heterocycles. The molecule has 0 bridgehead atoms. The Hall–Kier alpha value is -3.80. The molecule has 0 radical (unpaired) electrons. The monoisotopic (exact) mass is 646 g/mol. The van der Waals surface area contributed by atoms with Gasteiger partial charge in [0.15, 0.2) is 0 Å². The standard InChI is InChI=1S/C34H45F3N4O5/c1-32(2,3)45-30(43)39-19-7-5-4-6-18-38-29(42)27-12-8-26(9-13-27)23-41-24-33(46-31(41)44)16-20-40(21-17-33)22-25-10-14-28(15-11-25)34(35,36)37/h8-15H,4-7,16-24H2,1-3H3,(H,38,42)(H,39,43). The minimum absolute atomic E-state index is 0.152. The van der Waals surface area contributed by atoms with Crippen LogP contribution in [0.1, 0.15) is 86.3 Å². The van der Waals surface area contributed by atoms with Gasteiger partial charge in [-0.2, -0.15) is 13.2 Å². The number of hydrogen-bond acceptors (Lipinski definition) is 6. The van der Waals surface area contributed by atoms with Gasteiger partial charge in [0.25, 0.3) is 5.91 Å². The topological polar surface area (TPSA) is 100 Å². The summed E-state index contributed by atoms with van der Waals surface area (Å²) in [5, 5.41) is 5.68. The first-order valence-corrected chi connectivity index (χ1v) is 15.9. The Bertz CT molecular complexity index is 1320. The predicted molar refractivity (Wildman–Crippen MR) is 167 cm³/mol. The molecule has 4 rings (SSSR count). The molecule has 12 heteroatoms. The van der Waals surface area contributed by atoms with Crippen LogP contribution in [0, 0.1) is 0 Å². The van der Waals surface area contributed by atoms with E-state index in [2.05, 4.69) is 15.5 Å². The van der Waals surface area contributed by atoms with Gasteiger partial charge in [-0.1, -0.05) is 37.1 Å². The van der Waals surface area contributed by atoms with Gasteiger partial charge in [-0.3, -0.25) is 14.6 Å². The minimum Gasteiger partial charge on any atom is -0.444 e. The van der Waals surface area contributed by atoms with E-state index in [1.54, 1.807) is 17.0 Å². The average Bonchev–Trinajstić information content (AvgIpc) is 3.28. The highest BCUT2D eigenvalue weighted by Crippen LogP contribution is 2.35. The highest BCUT2D eigenvalue weighted by atomic mass is 19.4. The molecule has 252 valence electrons. The van der Waals surface area contributed by atoms with E-state index in [1.807, 2.05) is 32.9 Å². The van der Waals surface area contributed by atoms with Crippen LogP contribution in [0.15, 0.2) is 48.5 Å². The summed E-state index contributed by atoms with van der Waals surface area (Å²) in [5.41, 5.74) is 0.517. The third-order valence-corrected chi connectivity index (χ3v) is 8.14. The van der Waals surface area contributed by atoms with Gasteiger partial charge < -0.3 is 20.1 Å². The van der Waals surface area contributed by atoms with E-state index in [1.165, 1.54) is 12.1 Å². The maximum atomic E-state index is 12.8. The first-order chi connectivity index (χ1) is 21.7. The Morgan fingerprint density at radius 2 is 1.41 bits per heavy atom. The molecular weight excluding hydrogens is 601 g/mol. The van der Waals surface area contributed by atoms with Crippen LogP contribution in [0.4, 0.5) is 22.8 Å². The van der Waals surface area contributed by atoms with Crippen molar-refractivity contribution in [3.63, 3.8) is 0 Å². The van der Waals surface area contributed by atoms with Gasteiger partial charge in [0.1, 0.15) is 11.2 Å². The lowest BCUT2D eigenvalue weighted by Gasteiger charge is -2.37. The molecule has 2 aliphatic heterocycles. The van der Waals surface area contributed by atoms with Crippen molar-refractivity contribution in [1.29, 1.82) is 0 Å². The molecule has 2 heterocycles. The number of amides is 3. The number of carbonyl (C=O) groups is 3. The third-order valence-electron chi connectivity index (χ3n) is 8.14. The van der Waals surface area contributed by atoms with Crippen molar-refractivity contribution >= 4 is 18.1 Å². The third kappa shape index (κ3) is 10.6. The number of ether oxygens (including phenoxy) is 2. The zero-order valence-electron chi connectivity index (χ0n) is 26.9. The summed E-state index contributed by atoms with van der Waals surface area (Å²) in [6.45, 7) is 9.33. The lowest BCUT2D eigenvalue weighted by Crippen LogP contribution is -2.46. The molecule has 2 aliphatic rings. The van der Waals surface area contributed by atoms with Crippen molar-refractivity contribution in [2.45, 2.75) is 89.8 Å². The summed E-state index contributed by atoms with van der Waals surface area (Å²) >= 11 is 0. The van der Waals surface area contributed by atoms with Crippen molar-refractivity contribution in [1.82, 2.24) is 20.4 Å². The Morgan fingerprint density at radius 1 is 0.848 bits per heavy atom. The number of likely N-dealkylation sites (tertiary alicyclic amines) is 1. The second-order valence-electron chi connectivity index (χ2n) is 13.2. The summed E-state index contributed by atoms with van der Waals surface area (Å²) in [4.78, 5) is 40.8. The lowest BCUT2D eigenvalue weighted by atomic mass is 9.91. The minimum atomic E-state index is -4.35. The molecule has 9 nitrogen and oxygen atoms in total. The van der Waals surface area contributed by atoms with E-state index in [4.69, 9.17) is 9.47 Å². The molecule has 46 heavy (non-hydrogen) atoms. The highest BCUT2D eigenvalue weighted by Gasteiger charge is 2.46. The Kier molecular flexibility index (Phi) is 11.6. The molecule has 0 unspecified atom stereocenters. The maximum Gasteiger partial charge on any atom is 0.416 e. The SMILES string of the molecule is CC(C)(C)OC(=O)NCCCCCCNC(=O)c1ccc(CN2CC3(CCN(Cc4ccc(C(F)(F)F)cc4)CC3)OC2=O)cc1. The van der Waals surface area contributed by atoms with Gasteiger partial charge >= 0.3 is 18.4 Å². The van der Waals surface area contributed by atoms with Crippen molar-refractivity contribution < 1.29 is 37.0 Å². The van der Waals surface area contributed by atoms with Crippen LogP contribution in [0.2, 0.25) is 0 Å². The van der Waals surface area contributed by atoms with Crippen LogP contribution in [0.5, 0.6) is 0 Å². The summed E-state index contributed by atoms with van der Waals surface area (Å²) in [6.07, 6.45) is -0.286. The number of halogens is 3. The number of piperidine rings is 1. The van der Waals surface area contributed by atoms with Gasteiger partial charge in [-0.25, -0.2) is 9.59 Å². The number of alkyl halides is 3. The molecule has 0 atom stereocenters. The summed E-state index contributed by atoms with van der Waals surface area (Å²) in [5.74, 6) is -0.152. The van der Waals surface area contributed by atoms with Crippen LogP contribution < -0.4 is 10.6 Å². The number of nitrogens with zero attached hydrogens (tertiary/aromatic N) is 2. The molecule has 2 aromatic rings. The molecule has 0 aliphatic carbocycles. The molecule has 0 saturated carbocycles. The Morgan fingerprint density at radius 3 is 2.00 bits per heavy atom. The lowest BCUT2D eigenvalue weighted by molar-refractivity contribution is -0.137. The van der Waals surface area contributed by atoms with E-state index in [0.29, 0.717) is 64.2 Å². The molecule has 2 aromatic carbocycles. The largest absolute Gasteiger partial charge is 0.444 e. The number of rotatable bonds is 12. The zero-order chi connectivity index (χ0) is 33.4. The first-order valence-electron chi connectivity index (χ1n) is 15.9. The smallest absolute Gasteiger partial charge is 0.416 e. The van der Waals surface area contributed by atoms with Crippen LogP contribution in [0.25, 0.3) is 0 Å². The van der Waals surface area contributed by atoms with Crippen LogP contribution in [-0.4, -0.2) is 71.8 Å². The molecule has 3 amide bonds. The van der Waals surface area contributed by atoms with E-state index in [0.717, 1.165) is 48.9 Å². The van der Waals surface area contributed by atoms with E-state index in [9.17, 15) is 27.6 Å². The van der Waals surface area contributed by atoms with Gasteiger partial charge in [-0.15, -0.1) is 0 Å². The Balaban J connectivity index is 1.12. The summed E-state index contributed by atoms with van der Waals surface area (Å²) < 4.78 is 49.6. The van der Waals surface area contributed by atoms with Crippen molar-refractivity contribution in [2.24, 2.45) is 0 Å². The van der Waals surface area contributed by atoms with Crippen LogP contribution in [0.3, 0.4) is 0 Å². The number of carbonyl (C=O) groups excluding carboxylic acids is 3. The van der Waals surface area contributed by atoms with Gasteiger partial charge in [0.2, 0.25) is 0 Å². The van der Waals surface area contributed by atoms with Gasteiger partial charge in [0.05, 0.1) is 12.1 Å². The fourth-order valence-electron chi connectivity index (χ4n) is 5.65. The molecule has 2 N–H and O–H groups in total. The Labute approximate surface area is 268 Å². The molecule has 1 spiro atoms. The zero-order valence-corrected chi connectivity index (χ0v) is 26.9. The van der Waals surface area contributed by atoms with E-state index in [-0.39, 0.29) is 12.0 Å². The fourth-order valence-corrected chi connectivity index (χ4v) is 5.65. The number of nitrogens with one attached hydrogen (secondary N) is 2. The molecule has 2 fully saturated rings. The quantitative estimate of drug-likeness (QED) is 0.255. The van der Waals surface area contributed by atoms with Crippen LogP contribution in [-0.2, 0) is 28.7 Å². The molecular formula is C34H45F3N4O5. The number of hydrogen-bond donors (Lipinski definition) is 2. The molecule has 2 saturated heterocycles. The van der Waals surface area contributed by atoms with Crippen molar-refractivity contribution in [3.05, 3.63) is 70.8 Å². The van der Waals surface area contributed by atoms with E-state index < -0.39 is 29.0 Å². The second-order valence-corrected chi connectivity index (χ2v) is 13.2. The van der Waals surface area contributed by atoms with Gasteiger partial charge in [-0.05, 0) is 69.0 Å². The number of alkyl carbamates (subject to hydrolysis) is 1. The summed E-state index contributed by atoms with van der Waals surface area (Å²) in [6, 6.07) is 12.4. The maximum absolute atomic E-state index is 12.8. The second kappa shape index (κ2) is 15.2. The highest BCUT2D eigenvalue weighted by molar-refractivity contribution is 5.94. The first kappa shape index (κ1) is 35.1. The normalized spacial score (nSPS) is 16.7. The van der Waals surface area contributed by atoms with Crippen molar-refractivity contribution in [2.75, 3.05) is 32.7 Å². The number of unbranched alkanes of at least 4 members (excludes halogenated alkanes) is 3. The van der Waals surface area contributed by atoms with E-state index >= 15 is 0 Å².